The average Bonchev–Trinajstić information content (AvgIpc) is 2.59. The zero-order valence-corrected chi connectivity index (χ0v) is 8.33. The number of nitrogens with zero attached hydrogens (tertiary/aromatic N) is 1. The predicted octanol–water partition coefficient (Wildman–Crippen LogP) is -0.297. The van der Waals surface area contributed by atoms with E-state index in [4.69, 9.17) is 23.8 Å². The van der Waals surface area contributed by atoms with Gasteiger partial charge in [-0.15, -0.1) is 18.0 Å². The van der Waals surface area contributed by atoms with Crippen LogP contribution < -0.4 is 5.73 Å². The Morgan fingerprint density at radius 1 is 1.57 bits per heavy atom. The molecule has 2 N–H and O–H groups in total. The van der Waals surface area contributed by atoms with Gasteiger partial charge in [0.2, 0.25) is 11.8 Å². The second-order valence-corrected chi connectivity index (χ2v) is 3.38. The molecule has 0 aliphatic carbocycles. The van der Waals surface area contributed by atoms with Crippen molar-refractivity contribution in [3.05, 3.63) is 0 Å². The minimum Gasteiger partial charge on any atom is -0.368 e. The van der Waals surface area contributed by atoms with Gasteiger partial charge in [0.15, 0.2) is 0 Å². The summed E-state index contributed by atoms with van der Waals surface area (Å²) in [5.41, 5.74) is 5.15. The molecule has 1 saturated heterocycles. The predicted molar refractivity (Wildman–Crippen MR) is 52.4 cm³/mol. The Bertz CT molecular complexity index is 298. The van der Waals surface area contributed by atoms with E-state index in [1.54, 1.807) is 0 Å². The third kappa shape index (κ3) is 1.83. The van der Waals surface area contributed by atoms with Gasteiger partial charge in [0, 0.05) is 0 Å². The number of carbonyl (C=O) groups excluding carboxylic acids is 2. The van der Waals surface area contributed by atoms with Gasteiger partial charge in [-0.05, 0) is 12.8 Å². The van der Waals surface area contributed by atoms with Crippen LogP contribution in [0.3, 0.4) is 0 Å². The fourth-order valence-electron chi connectivity index (χ4n) is 1.67. The molecule has 14 heavy (non-hydrogen) atoms. The molecule has 0 saturated carbocycles. The second kappa shape index (κ2) is 4.34. The first kappa shape index (κ1) is 10.9. The number of amides is 2. The average molecular weight is 215 g/mol. The van der Waals surface area contributed by atoms with E-state index >= 15 is 0 Å². The number of hydrogen-bond donors (Lipinski definition) is 1. The van der Waals surface area contributed by atoms with Crippen molar-refractivity contribution in [2.24, 2.45) is 5.73 Å². The zero-order valence-electron chi connectivity index (χ0n) is 7.57. The molecule has 0 aromatic rings. The van der Waals surface area contributed by atoms with Crippen molar-refractivity contribution in [2.75, 3.05) is 5.88 Å². The molecule has 4 nitrogen and oxygen atoms in total. The van der Waals surface area contributed by atoms with Gasteiger partial charge in [-0.25, -0.2) is 0 Å². The summed E-state index contributed by atoms with van der Waals surface area (Å²) < 4.78 is 0. The van der Waals surface area contributed by atoms with Crippen LogP contribution in [0.2, 0.25) is 0 Å². The van der Waals surface area contributed by atoms with Gasteiger partial charge in [0.05, 0.1) is 6.04 Å². The second-order valence-electron chi connectivity index (χ2n) is 3.11. The lowest BCUT2D eigenvalue weighted by molar-refractivity contribution is -0.136. The normalized spacial score (nSPS) is 25.9. The molecule has 1 aliphatic rings. The van der Waals surface area contributed by atoms with E-state index in [1.165, 1.54) is 4.90 Å². The summed E-state index contributed by atoms with van der Waals surface area (Å²) in [6.07, 6.45) is 6.36. The monoisotopic (exact) mass is 214 g/mol. The largest absolute Gasteiger partial charge is 0.368 e. The number of halogens is 1. The van der Waals surface area contributed by atoms with E-state index in [0.29, 0.717) is 12.8 Å². The summed E-state index contributed by atoms with van der Waals surface area (Å²) in [6, 6.07) is -0.943. The summed E-state index contributed by atoms with van der Waals surface area (Å²) in [6.45, 7) is 0. The topological polar surface area (TPSA) is 63.4 Å². The van der Waals surface area contributed by atoms with Crippen molar-refractivity contribution < 1.29 is 9.59 Å². The highest BCUT2D eigenvalue weighted by Crippen LogP contribution is 2.23. The molecule has 76 valence electrons. The Labute approximate surface area is 87.4 Å². The van der Waals surface area contributed by atoms with Crippen LogP contribution >= 0.6 is 11.6 Å². The molecule has 1 unspecified atom stereocenters. The van der Waals surface area contributed by atoms with E-state index in [9.17, 15) is 9.59 Å². The van der Waals surface area contributed by atoms with Gasteiger partial charge < -0.3 is 10.6 Å². The number of primary amides is 1. The van der Waals surface area contributed by atoms with Gasteiger partial charge in [-0.3, -0.25) is 9.59 Å². The maximum absolute atomic E-state index is 11.4. The van der Waals surface area contributed by atoms with Gasteiger partial charge >= 0.3 is 0 Å². The molecule has 1 heterocycles. The number of carbonyl (C=O) groups is 2. The SMILES string of the molecule is C#CC1CC[C@@H](C(N)=O)N1C(=O)CCl. The Balaban J connectivity index is 2.87. The van der Waals surface area contributed by atoms with Crippen molar-refractivity contribution in [1.29, 1.82) is 0 Å². The van der Waals surface area contributed by atoms with Crippen molar-refractivity contribution in [3.63, 3.8) is 0 Å². The van der Waals surface area contributed by atoms with E-state index in [1.807, 2.05) is 0 Å². The highest BCUT2D eigenvalue weighted by Gasteiger charge is 2.38. The highest BCUT2D eigenvalue weighted by atomic mass is 35.5. The smallest absolute Gasteiger partial charge is 0.240 e. The molecule has 1 rings (SSSR count). The standard InChI is InChI=1S/C9H11ClN2O2/c1-2-6-3-4-7(9(11)14)12(6)8(13)5-10/h1,6-7H,3-5H2,(H2,11,14)/t6?,7-/m0/s1. The Hall–Kier alpha value is -1.21. The molecule has 0 spiro atoms. The van der Waals surface area contributed by atoms with Crippen LogP contribution in [-0.4, -0.2) is 34.7 Å². The van der Waals surface area contributed by atoms with Crippen LogP contribution in [0.5, 0.6) is 0 Å². The number of terminal acetylenes is 1. The number of rotatable bonds is 2. The van der Waals surface area contributed by atoms with E-state index < -0.39 is 11.9 Å². The first-order valence-corrected chi connectivity index (χ1v) is 4.77. The Morgan fingerprint density at radius 3 is 2.64 bits per heavy atom. The van der Waals surface area contributed by atoms with Crippen molar-refractivity contribution in [3.8, 4) is 12.3 Å². The molecule has 0 bridgehead atoms. The van der Waals surface area contributed by atoms with Crippen LogP contribution in [0.1, 0.15) is 12.8 Å². The zero-order chi connectivity index (χ0) is 10.7. The van der Waals surface area contributed by atoms with Crippen LogP contribution in [0.15, 0.2) is 0 Å². The fourth-order valence-corrected chi connectivity index (χ4v) is 1.81. The lowest BCUT2D eigenvalue weighted by Crippen LogP contribution is -2.47. The van der Waals surface area contributed by atoms with E-state index in [2.05, 4.69) is 5.92 Å². The van der Waals surface area contributed by atoms with E-state index in [0.717, 1.165) is 0 Å². The van der Waals surface area contributed by atoms with Gasteiger partial charge in [-0.2, -0.15) is 0 Å². The molecule has 0 aromatic carbocycles. The summed E-state index contributed by atoms with van der Waals surface area (Å²) in [5, 5.41) is 0. The van der Waals surface area contributed by atoms with Gasteiger partial charge in [-0.1, -0.05) is 5.92 Å². The number of nitrogens with two attached hydrogens (primary N) is 1. The number of hydrogen-bond acceptors (Lipinski definition) is 2. The first-order chi connectivity index (χ1) is 6.61. The third-order valence-corrected chi connectivity index (χ3v) is 2.54. The fraction of sp³-hybridized carbons (Fsp3) is 0.556. The molecule has 2 amide bonds. The minimum absolute atomic E-state index is 0.179. The molecule has 0 radical (unpaired) electrons. The van der Waals surface area contributed by atoms with Crippen LogP contribution in [0, 0.1) is 12.3 Å². The van der Waals surface area contributed by atoms with Crippen molar-refractivity contribution in [2.45, 2.75) is 24.9 Å². The molecule has 0 aromatic heterocycles. The third-order valence-electron chi connectivity index (χ3n) is 2.31. The molecule has 1 aliphatic heterocycles. The molecular formula is C9H11ClN2O2. The summed E-state index contributed by atoms with van der Waals surface area (Å²) in [5.74, 6) is 1.41. The summed E-state index contributed by atoms with van der Waals surface area (Å²) in [7, 11) is 0. The molecule has 2 atom stereocenters. The van der Waals surface area contributed by atoms with Crippen LogP contribution in [0.4, 0.5) is 0 Å². The van der Waals surface area contributed by atoms with Crippen molar-refractivity contribution in [1.82, 2.24) is 4.90 Å². The van der Waals surface area contributed by atoms with Gasteiger partial charge in [0.25, 0.3) is 0 Å². The van der Waals surface area contributed by atoms with E-state index in [-0.39, 0.29) is 17.8 Å². The molecule has 5 heteroatoms. The Kier molecular flexibility index (Phi) is 3.37. The van der Waals surface area contributed by atoms with Crippen LogP contribution in [-0.2, 0) is 9.59 Å². The number of alkyl halides is 1. The van der Waals surface area contributed by atoms with Crippen LogP contribution in [0.25, 0.3) is 0 Å². The maximum Gasteiger partial charge on any atom is 0.240 e. The quantitative estimate of drug-likeness (QED) is 0.507. The summed E-state index contributed by atoms with van der Waals surface area (Å²) >= 11 is 5.41. The Morgan fingerprint density at radius 2 is 2.21 bits per heavy atom. The minimum atomic E-state index is -0.595. The van der Waals surface area contributed by atoms with Crippen molar-refractivity contribution >= 4 is 23.4 Å². The molecular weight excluding hydrogens is 204 g/mol. The lowest BCUT2D eigenvalue weighted by Gasteiger charge is -2.24. The maximum atomic E-state index is 11.4. The highest BCUT2D eigenvalue weighted by molar-refractivity contribution is 6.27. The number of likely N-dealkylation sites (tertiary alicyclic amines) is 1. The first-order valence-electron chi connectivity index (χ1n) is 4.24. The molecule has 1 fully saturated rings. The van der Waals surface area contributed by atoms with Gasteiger partial charge in [0.1, 0.15) is 11.9 Å². The summed E-state index contributed by atoms with van der Waals surface area (Å²) in [4.78, 5) is 23.7. The lowest BCUT2D eigenvalue weighted by atomic mass is 10.2.